The summed E-state index contributed by atoms with van der Waals surface area (Å²) in [5.41, 5.74) is 0. The maximum Gasteiger partial charge on any atom is 0.228 e. The molecule has 0 aromatic rings. The average Bonchev–Trinajstić information content (AvgIpc) is 2.30. The molecule has 1 aliphatic heterocycles. The Labute approximate surface area is 74.2 Å². The van der Waals surface area contributed by atoms with Crippen molar-refractivity contribution in [3.63, 3.8) is 0 Å². The Morgan fingerprint density at radius 2 is 2.25 bits per heavy atom. The van der Waals surface area contributed by atoms with Crippen LogP contribution in [0, 0.1) is 0 Å². The van der Waals surface area contributed by atoms with Crippen molar-refractivity contribution in [3.8, 4) is 0 Å². The Morgan fingerprint density at radius 1 is 1.67 bits per heavy atom. The fourth-order valence-corrected chi connectivity index (χ4v) is 2.33. The largest absolute Gasteiger partial charge is 0.298 e. The lowest BCUT2D eigenvalue weighted by molar-refractivity contribution is -0.116. The molecule has 0 spiro atoms. The summed E-state index contributed by atoms with van der Waals surface area (Å²) in [6.45, 7) is 1.22. The number of thioether (sulfide) groups is 1. The van der Waals surface area contributed by atoms with Crippen molar-refractivity contribution in [3.05, 3.63) is 11.9 Å². The molecule has 0 amide bonds. The first kappa shape index (κ1) is 9.47. The van der Waals surface area contributed by atoms with E-state index in [-0.39, 0.29) is 9.98 Å². The minimum absolute atomic E-state index is 0.118. The maximum atomic E-state index is 12.8. The fourth-order valence-electron chi connectivity index (χ4n) is 0.759. The molecule has 6 heteroatoms. The first-order valence-electron chi connectivity index (χ1n) is 3.03. The number of hydrogen-bond acceptors (Lipinski definition) is 4. The zero-order valence-corrected chi connectivity index (χ0v) is 7.71. The van der Waals surface area contributed by atoms with Gasteiger partial charge in [0.15, 0.2) is 0 Å². The van der Waals surface area contributed by atoms with Crippen LogP contribution in [0.5, 0.6) is 0 Å². The van der Waals surface area contributed by atoms with Gasteiger partial charge in [0.05, 0.1) is 0 Å². The molecule has 0 aliphatic carbocycles. The summed E-state index contributed by atoms with van der Waals surface area (Å²) < 4.78 is 33.3. The highest BCUT2D eigenvalue weighted by Gasteiger charge is 2.29. The lowest BCUT2D eigenvalue weighted by atomic mass is 10.3. The van der Waals surface area contributed by atoms with Crippen LogP contribution in [0.4, 0.5) is 4.39 Å². The average molecular weight is 208 g/mol. The molecule has 0 aromatic heterocycles. The number of carbonyl (C=O) groups excluding carboxylic acids is 1. The third-order valence-electron chi connectivity index (χ3n) is 1.27. The quantitative estimate of drug-likeness (QED) is 0.591. The van der Waals surface area contributed by atoms with Crippen LogP contribution in [0.2, 0.25) is 0 Å². The SMILES string of the molecule is CC(=O)C1SC(=S(=O)=O)C=C1F. The molecule has 1 unspecified atom stereocenters. The molecule has 0 saturated heterocycles. The molecule has 0 N–H and O–H groups in total. The van der Waals surface area contributed by atoms with Gasteiger partial charge in [-0.05, 0) is 6.92 Å². The van der Waals surface area contributed by atoms with Crippen LogP contribution in [0.25, 0.3) is 0 Å². The summed E-state index contributed by atoms with van der Waals surface area (Å²) in [7, 11) is -2.44. The predicted molar refractivity (Wildman–Crippen MR) is 45.2 cm³/mol. The van der Waals surface area contributed by atoms with Gasteiger partial charge in [-0.15, -0.1) is 0 Å². The number of carbonyl (C=O) groups is 1. The Hall–Kier alpha value is -0.620. The van der Waals surface area contributed by atoms with E-state index >= 15 is 0 Å². The highest BCUT2D eigenvalue weighted by Crippen LogP contribution is 2.30. The molecule has 1 rings (SSSR count). The van der Waals surface area contributed by atoms with E-state index < -0.39 is 21.4 Å². The molecule has 66 valence electrons. The summed E-state index contributed by atoms with van der Waals surface area (Å²) in [6, 6.07) is 0. The van der Waals surface area contributed by atoms with E-state index in [9.17, 15) is 17.6 Å². The van der Waals surface area contributed by atoms with Crippen LogP contribution < -0.4 is 0 Å². The van der Waals surface area contributed by atoms with E-state index in [1.807, 2.05) is 0 Å². The lowest BCUT2D eigenvalue weighted by Gasteiger charge is -2.00. The van der Waals surface area contributed by atoms with Gasteiger partial charge in [-0.3, -0.25) is 4.79 Å². The number of halogens is 1. The van der Waals surface area contributed by atoms with Gasteiger partial charge >= 0.3 is 0 Å². The monoisotopic (exact) mass is 208 g/mol. The van der Waals surface area contributed by atoms with Gasteiger partial charge in [-0.1, -0.05) is 11.8 Å². The Morgan fingerprint density at radius 3 is 2.50 bits per heavy atom. The zero-order valence-electron chi connectivity index (χ0n) is 6.07. The van der Waals surface area contributed by atoms with Crippen molar-refractivity contribution < 1.29 is 17.6 Å². The van der Waals surface area contributed by atoms with Crippen molar-refractivity contribution in [2.75, 3.05) is 0 Å². The summed E-state index contributed by atoms with van der Waals surface area (Å²) in [5.74, 6) is -1.07. The van der Waals surface area contributed by atoms with Gasteiger partial charge in [-0.2, -0.15) is 8.42 Å². The zero-order chi connectivity index (χ0) is 9.30. The summed E-state index contributed by atoms with van der Waals surface area (Å²) in [4.78, 5) is 10.7. The Balaban J connectivity index is 3.05. The van der Waals surface area contributed by atoms with Crippen molar-refractivity contribution >= 4 is 32.0 Å². The maximum absolute atomic E-state index is 12.8. The molecule has 0 aromatic carbocycles. The summed E-state index contributed by atoms with van der Waals surface area (Å²) >= 11 is 0.722. The minimum atomic E-state index is -2.44. The number of rotatable bonds is 1. The van der Waals surface area contributed by atoms with E-state index in [4.69, 9.17) is 0 Å². The molecule has 0 radical (unpaired) electrons. The topological polar surface area (TPSA) is 51.2 Å². The predicted octanol–water partition coefficient (Wildman–Crippen LogP) is 0.553. The summed E-state index contributed by atoms with van der Waals surface area (Å²) in [5, 5.41) is -0.960. The molecule has 12 heavy (non-hydrogen) atoms. The molecule has 0 saturated carbocycles. The number of hydrogen-bond donors (Lipinski definition) is 0. The third kappa shape index (κ3) is 1.75. The van der Waals surface area contributed by atoms with Gasteiger partial charge in [0.1, 0.15) is 21.1 Å². The first-order chi connectivity index (χ1) is 5.52. The second kappa shape index (κ2) is 3.40. The lowest BCUT2D eigenvalue weighted by Crippen LogP contribution is -2.11. The normalized spacial score (nSPS) is 22.3. The van der Waals surface area contributed by atoms with Crippen molar-refractivity contribution in [2.45, 2.75) is 12.2 Å². The van der Waals surface area contributed by atoms with E-state index in [0.717, 1.165) is 17.8 Å². The molecule has 3 nitrogen and oxygen atoms in total. The highest BCUT2D eigenvalue weighted by atomic mass is 32.2. The van der Waals surface area contributed by atoms with Gasteiger partial charge in [0.25, 0.3) is 0 Å². The van der Waals surface area contributed by atoms with Crippen LogP contribution in [0.1, 0.15) is 6.92 Å². The van der Waals surface area contributed by atoms with Crippen LogP contribution in [0.15, 0.2) is 11.9 Å². The standard InChI is InChI=1S/C6H5FO3S2/c1-3(8)6-4(7)2-5(11-6)12(9)10/h2,6H,1H3. The van der Waals surface area contributed by atoms with Crippen LogP contribution in [-0.2, 0) is 15.1 Å². The van der Waals surface area contributed by atoms with E-state index in [1.54, 1.807) is 0 Å². The Bertz CT molecular complexity index is 372. The molecule has 1 heterocycles. The molecular weight excluding hydrogens is 203 g/mol. The van der Waals surface area contributed by atoms with Crippen LogP contribution in [0.3, 0.4) is 0 Å². The van der Waals surface area contributed by atoms with Crippen LogP contribution in [-0.4, -0.2) is 23.6 Å². The number of Topliss-reactive ketones (excluding diaryl/α,β-unsaturated/α-hetero) is 1. The van der Waals surface area contributed by atoms with E-state index in [0.29, 0.717) is 0 Å². The fraction of sp³-hybridized carbons (Fsp3) is 0.333. The molecule has 0 bridgehead atoms. The number of ketones is 1. The molecular formula is C6H5FO3S2. The van der Waals surface area contributed by atoms with Gasteiger partial charge in [0.2, 0.25) is 10.3 Å². The second-order valence-corrected chi connectivity index (χ2v) is 4.51. The van der Waals surface area contributed by atoms with Gasteiger partial charge < -0.3 is 0 Å². The van der Waals surface area contributed by atoms with Crippen molar-refractivity contribution in [1.29, 1.82) is 0 Å². The third-order valence-corrected chi connectivity index (χ3v) is 3.56. The van der Waals surface area contributed by atoms with Gasteiger partial charge in [0, 0.05) is 6.08 Å². The van der Waals surface area contributed by atoms with Crippen molar-refractivity contribution in [2.24, 2.45) is 0 Å². The molecule has 1 atom stereocenters. The van der Waals surface area contributed by atoms with Crippen molar-refractivity contribution in [1.82, 2.24) is 0 Å². The highest BCUT2D eigenvalue weighted by molar-refractivity contribution is 8.23. The van der Waals surface area contributed by atoms with E-state index in [1.165, 1.54) is 6.92 Å². The second-order valence-electron chi connectivity index (χ2n) is 2.19. The van der Waals surface area contributed by atoms with Crippen LogP contribution >= 0.6 is 11.8 Å². The molecule has 0 fully saturated rings. The smallest absolute Gasteiger partial charge is 0.228 e. The van der Waals surface area contributed by atoms with Gasteiger partial charge in [-0.25, -0.2) is 4.39 Å². The first-order valence-corrected chi connectivity index (χ1v) is 4.98. The molecule has 1 aliphatic rings. The van der Waals surface area contributed by atoms with E-state index in [2.05, 4.69) is 0 Å². The Kier molecular flexibility index (Phi) is 2.69. The minimum Gasteiger partial charge on any atom is -0.298 e. The summed E-state index contributed by atoms with van der Waals surface area (Å²) in [6.07, 6.45) is 0.875.